The van der Waals surface area contributed by atoms with Gasteiger partial charge in [-0.25, -0.2) is 4.98 Å². The molecule has 0 saturated heterocycles. The third-order valence-corrected chi connectivity index (χ3v) is 4.55. The standard InChI is InChI=1S/C14H20N4S2.HI/c1-11-9-20-13(18-11)4-3-6-16-14(15-2)17-8-12-5-7-19-10-12;/h5,7,9-10H,3-4,6,8H2,1-2H3,(H2,15,16,17);1H. The number of thiazole rings is 1. The van der Waals surface area contributed by atoms with E-state index >= 15 is 0 Å². The van der Waals surface area contributed by atoms with Gasteiger partial charge in [0.1, 0.15) is 0 Å². The van der Waals surface area contributed by atoms with E-state index in [1.807, 2.05) is 6.92 Å². The molecular weight excluding hydrogens is 415 g/mol. The second kappa shape index (κ2) is 10.1. The van der Waals surface area contributed by atoms with Gasteiger partial charge in [0.25, 0.3) is 0 Å². The molecule has 0 aliphatic carbocycles. The molecule has 21 heavy (non-hydrogen) atoms. The summed E-state index contributed by atoms with van der Waals surface area (Å²) in [5.74, 6) is 0.853. The monoisotopic (exact) mass is 436 g/mol. The number of nitrogens with one attached hydrogen (secondary N) is 2. The SMILES string of the molecule is CN=C(NCCCc1nc(C)cs1)NCc1ccsc1.I. The van der Waals surface area contributed by atoms with E-state index in [9.17, 15) is 0 Å². The van der Waals surface area contributed by atoms with Crippen LogP contribution in [0.4, 0.5) is 0 Å². The highest BCUT2D eigenvalue weighted by Gasteiger charge is 2.00. The quantitative estimate of drug-likeness (QED) is 0.316. The Balaban J connectivity index is 0.00000220. The van der Waals surface area contributed by atoms with Crippen molar-refractivity contribution in [3.8, 4) is 0 Å². The average Bonchev–Trinajstić information content (AvgIpc) is 3.09. The summed E-state index contributed by atoms with van der Waals surface area (Å²) < 4.78 is 0. The number of guanidine groups is 1. The van der Waals surface area contributed by atoms with E-state index in [2.05, 4.69) is 42.8 Å². The van der Waals surface area contributed by atoms with Crippen LogP contribution in [-0.4, -0.2) is 24.5 Å². The maximum absolute atomic E-state index is 4.46. The van der Waals surface area contributed by atoms with Gasteiger partial charge < -0.3 is 10.6 Å². The fraction of sp³-hybridized carbons (Fsp3) is 0.429. The van der Waals surface area contributed by atoms with Gasteiger partial charge in [0.2, 0.25) is 0 Å². The van der Waals surface area contributed by atoms with E-state index in [-0.39, 0.29) is 24.0 Å². The molecule has 116 valence electrons. The first kappa shape index (κ1) is 18.4. The Morgan fingerprint density at radius 3 is 2.81 bits per heavy atom. The molecule has 0 aromatic carbocycles. The Morgan fingerprint density at radius 1 is 1.33 bits per heavy atom. The van der Waals surface area contributed by atoms with Gasteiger partial charge in [-0.15, -0.1) is 35.3 Å². The summed E-state index contributed by atoms with van der Waals surface area (Å²) in [6.45, 7) is 3.76. The third kappa shape index (κ3) is 6.75. The zero-order chi connectivity index (χ0) is 14.2. The molecule has 0 fully saturated rings. The number of thiophene rings is 1. The third-order valence-electron chi connectivity index (χ3n) is 2.79. The van der Waals surface area contributed by atoms with Crippen LogP contribution in [0.2, 0.25) is 0 Å². The fourth-order valence-corrected chi connectivity index (χ4v) is 3.25. The van der Waals surface area contributed by atoms with E-state index in [1.165, 1.54) is 10.6 Å². The average molecular weight is 436 g/mol. The molecule has 0 atom stereocenters. The topological polar surface area (TPSA) is 49.3 Å². The predicted molar refractivity (Wildman–Crippen MR) is 103 cm³/mol. The van der Waals surface area contributed by atoms with Gasteiger partial charge in [-0.2, -0.15) is 11.3 Å². The van der Waals surface area contributed by atoms with Gasteiger partial charge in [0, 0.05) is 37.6 Å². The van der Waals surface area contributed by atoms with Gasteiger partial charge >= 0.3 is 0 Å². The molecule has 2 N–H and O–H groups in total. The minimum absolute atomic E-state index is 0. The van der Waals surface area contributed by atoms with Crippen molar-refractivity contribution >= 4 is 52.6 Å². The smallest absolute Gasteiger partial charge is 0.191 e. The second-order valence-electron chi connectivity index (χ2n) is 4.47. The number of hydrogen-bond acceptors (Lipinski definition) is 4. The van der Waals surface area contributed by atoms with Crippen molar-refractivity contribution in [3.05, 3.63) is 38.5 Å². The first-order valence-corrected chi connectivity index (χ1v) is 8.47. The second-order valence-corrected chi connectivity index (χ2v) is 6.19. The molecule has 7 heteroatoms. The molecule has 4 nitrogen and oxygen atoms in total. The van der Waals surface area contributed by atoms with Crippen LogP contribution in [0.15, 0.2) is 27.2 Å². The fourth-order valence-electron chi connectivity index (χ4n) is 1.76. The van der Waals surface area contributed by atoms with Crippen LogP contribution >= 0.6 is 46.7 Å². The highest BCUT2D eigenvalue weighted by atomic mass is 127. The van der Waals surface area contributed by atoms with E-state index in [0.717, 1.165) is 37.6 Å². The minimum atomic E-state index is 0. The summed E-state index contributed by atoms with van der Waals surface area (Å²) in [6.07, 6.45) is 2.08. The van der Waals surface area contributed by atoms with Crippen LogP contribution in [0, 0.1) is 6.92 Å². The summed E-state index contributed by atoms with van der Waals surface area (Å²) in [6, 6.07) is 2.12. The first-order valence-electron chi connectivity index (χ1n) is 6.64. The number of halogens is 1. The van der Waals surface area contributed by atoms with Crippen LogP contribution < -0.4 is 10.6 Å². The molecule has 2 rings (SSSR count). The van der Waals surface area contributed by atoms with Gasteiger partial charge in [-0.05, 0) is 35.7 Å². The van der Waals surface area contributed by atoms with Crippen LogP contribution in [0.25, 0.3) is 0 Å². The summed E-state index contributed by atoms with van der Waals surface area (Å²) in [5, 5.41) is 14.2. The number of nitrogens with zero attached hydrogens (tertiary/aromatic N) is 2. The van der Waals surface area contributed by atoms with Crippen LogP contribution in [0.3, 0.4) is 0 Å². The largest absolute Gasteiger partial charge is 0.356 e. The number of aliphatic imine (C=N–C) groups is 1. The molecule has 0 bridgehead atoms. The zero-order valence-corrected chi connectivity index (χ0v) is 16.2. The lowest BCUT2D eigenvalue weighted by Crippen LogP contribution is -2.37. The van der Waals surface area contributed by atoms with Crippen LogP contribution in [0.1, 0.15) is 22.7 Å². The molecule has 2 heterocycles. The lowest BCUT2D eigenvalue weighted by molar-refractivity contribution is 0.739. The number of rotatable bonds is 6. The summed E-state index contributed by atoms with van der Waals surface area (Å²) in [5.41, 5.74) is 2.41. The molecule has 2 aromatic heterocycles. The number of aromatic nitrogens is 1. The Kier molecular flexibility index (Phi) is 8.86. The normalized spacial score (nSPS) is 11.0. The van der Waals surface area contributed by atoms with Gasteiger partial charge in [0.15, 0.2) is 5.96 Å². The highest BCUT2D eigenvalue weighted by Crippen LogP contribution is 2.10. The molecule has 0 unspecified atom stereocenters. The highest BCUT2D eigenvalue weighted by molar-refractivity contribution is 14.0. The molecule has 2 aromatic rings. The van der Waals surface area contributed by atoms with Gasteiger partial charge in [-0.1, -0.05) is 0 Å². The molecule has 0 aliphatic rings. The Bertz CT molecular complexity index is 537. The Labute approximate surface area is 151 Å². The summed E-state index contributed by atoms with van der Waals surface area (Å²) >= 11 is 3.45. The lowest BCUT2D eigenvalue weighted by atomic mass is 10.3. The van der Waals surface area contributed by atoms with E-state index < -0.39 is 0 Å². The summed E-state index contributed by atoms with van der Waals surface area (Å²) in [7, 11) is 1.80. The van der Waals surface area contributed by atoms with Crippen molar-refractivity contribution in [2.45, 2.75) is 26.3 Å². The van der Waals surface area contributed by atoms with E-state index in [1.54, 1.807) is 29.7 Å². The molecular formula is C14H21IN4S2. The molecule has 0 amide bonds. The predicted octanol–water partition coefficient (Wildman–Crippen LogP) is 3.43. The maximum atomic E-state index is 4.46. The molecule has 0 spiro atoms. The zero-order valence-electron chi connectivity index (χ0n) is 12.3. The van der Waals surface area contributed by atoms with Crippen molar-refractivity contribution in [1.29, 1.82) is 0 Å². The Hall–Kier alpha value is -0.670. The van der Waals surface area contributed by atoms with Crippen molar-refractivity contribution in [3.63, 3.8) is 0 Å². The first-order chi connectivity index (χ1) is 9.78. The van der Waals surface area contributed by atoms with Crippen LogP contribution in [-0.2, 0) is 13.0 Å². The van der Waals surface area contributed by atoms with Crippen molar-refractivity contribution in [2.75, 3.05) is 13.6 Å². The molecule has 0 aliphatic heterocycles. The molecule has 0 radical (unpaired) electrons. The van der Waals surface area contributed by atoms with Crippen molar-refractivity contribution < 1.29 is 0 Å². The maximum Gasteiger partial charge on any atom is 0.191 e. The minimum Gasteiger partial charge on any atom is -0.356 e. The Morgan fingerprint density at radius 2 is 2.19 bits per heavy atom. The van der Waals surface area contributed by atoms with Gasteiger partial charge in [-0.3, -0.25) is 4.99 Å². The number of hydrogen-bond donors (Lipinski definition) is 2. The summed E-state index contributed by atoms with van der Waals surface area (Å²) in [4.78, 5) is 8.68. The lowest BCUT2D eigenvalue weighted by Gasteiger charge is -2.10. The van der Waals surface area contributed by atoms with Crippen LogP contribution in [0.5, 0.6) is 0 Å². The van der Waals surface area contributed by atoms with E-state index in [0.29, 0.717) is 0 Å². The number of aryl methyl sites for hydroxylation is 2. The van der Waals surface area contributed by atoms with E-state index in [4.69, 9.17) is 0 Å². The van der Waals surface area contributed by atoms with Crippen molar-refractivity contribution in [2.24, 2.45) is 4.99 Å². The molecule has 0 saturated carbocycles. The van der Waals surface area contributed by atoms with Gasteiger partial charge in [0.05, 0.1) is 5.01 Å². The van der Waals surface area contributed by atoms with Crippen molar-refractivity contribution in [1.82, 2.24) is 15.6 Å².